The van der Waals surface area contributed by atoms with Crippen LogP contribution in [0.15, 0.2) is 24.3 Å². The normalized spacial score (nSPS) is 16.8. The lowest BCUT2D eigenvalue weighted by atomic mass is 9.88. The van der Waals surface area contributed by atoms with Crippen LogP contribution in [0.1, 0.15) is 53.9 Å². The highest BCUT2D eigenvalue weighted by atomic mass is 16.3. The van der Waals surface area contributed by atoms with Gasteiger partial charge in [-0.05, 0) is 51.5 Å². The van der Waals surface area contributed by atoms with E-state index in [4.69, 9.17) is 0 Å². The van der Waals surface area contributed by atoms with Gasteiger partial charge >= 0.3 is 0 Å². The Hall–Kier alpha value is -1.22. The third kappa shape index (κ3) is 9.68. The zero-order chi connectivity index (χ0) is 15.8. The summed E-state index contributed by atoms with van der Waals surface area (Å²) in [7, 11) is 0. The second-order valence-electron chi connectivity index (χ2n) is 6.08. The molecule has 0 aliphatic heterocycles. The van der Waals surface area contributed by atoms with Gasteiger partial charge in [0.05, 0.1) is 5.60 Å². The Morgan fingerprint density at radius 1 is 1.25 bits per heavy atom. The minimum Gasteiger partial charge on any atom is -0.386 e. The molecular formula is C17H28O3. The van der Waals surface area contributed by atoms with Gasteiger partial charge < -0.3 is 9.90 Å². The number of carbonyl (C=O) groups excluding carboxylic acids is 2. The van der Waals surface area contributed by atoms with Crippen LogP contribution in [-0.4, -0.2) is 22.3 Å². The van der Waals surface area contributed by atoms with Gasteiger partial charge in [-0.1, -0.05) is 32.1 Å². The first-order valence-electron chi connectivity index (χ1n) is 7.22. The van der Waals surface area contributed by atoms with Gasteiger partial charge in [0.25, 0.3) is 0 Å². The van der Waals surface area contributed by atoms with E-state index >= 15 is 0 Å². The Bertz CT molecular complexity index is 376. The summed E-state index contributed by atoms with van der Waals surface area (Å²) in [4.78, 5) is 21.9. The summed E-state index contributed by atoms with van der Waals surface area (Å²) in [6, 6.07) is 0. The van der Waals surface area contributed by atoms with Gasteiger partial charge in [0.1, 0.15) is 5.78 Å². The molecule has 0 amide bonds. The van der Waals surface area contributed by atoms with E-state index in [1.807, 2.05) is 6.08 Å². The number of hydrogen-bond donors (Lipinski definition) is 1. The standard InChI is InChI=1S/C17H28O3/c1-13(2)16(9-8-15(4)19)10-12-17(5,20)11-6-7-14(3)18/h6-7,10,12-13,16,20H,8-9,11H2,1-5H3. The minimum absolute atomic E-state index is 0.0219. The highest BCUT2D eigenvalue weighted by Crippen LogP contribution is 2.22. The van der Waals surface area contributed by atoms with E-state index in [2.05, 4.69) is 13.8 Å². The predicted octanol–water partition coefficient (Wildman–Crippen LogP) is 3.47. The van der Waals surface area contributed by atoms with Crippen molar-refractivity contribution in [1.82, 2.24) is 0 Å². The first kappa shape index (κ1) is 18.8. The van der Waals surface area contributed by atoms with Gasteiger partial charge in [-0.15, -0.1) is 0 Å². The van der Waals surface area contributed by atoms with Crippen molar-refractivity contribution in [2.45, 2.75) is 59.5 Å². The lowest BCUT2D eigenvalue weighted by Gasteiger charge is -2.21. The van der Waals surface area contributed by atoms with Crippen molar-refractivity contribution in [2.24, 2.45) is 11.8 Å². The van der Waals surface area contributed by atoms with E-state index in [0.717, 1.165) is 6.42 Å². The molecule has 0 aliphatic carbocycles. The summed E-state index contributed by atoms with van der Waals surface area (Å²) in [5, 5.41) is 10.2. The summed E-state index contributed by atoms with van der Waals surface area (Å²) in [6.07, 6.45) is 8.71. The van der Waals surface area contributed by atoms with Crippen LogP contribution < -0.4 is 0 Å². The van der Waals surface area contributed by atoms with Crippen LogP contribution in [-0.2, 0) is 9.59 Å². The zero-order valence-electron chi connectivity index (χ0n) is 13.3. The molecule has 0 saturated carbocycles. The average Bonchev–Trinajstić information content (AvgIpc) is 2.26. The fraction of sp³-hybridized carbons (Fsp3) is 0.647. The molecule has 0 heterocycles. The summed E-state index contributed by atoms with van der Waals surface area (Å²) >= 11 is 0. The molecule has 3 nitrogen and oxygen atoms in total. The Morgan fingerprint density at radius 3 is 2.30 bits per heavy atom. The Kier molecular flexibility index (Phi) is 8.31. The highest BCUT2D eigenvalue weighted by Gasteiger charge is 2.17. The molecule has 0 spiro atoms. The van der Waals surface area contributed by atoms with E-state index in [-0.39, 0.29) is 17.5 Å². The van der Waals surface area contributed by atoms with E-state index < -0.39 is 5.60 Å². The zero-order valence-corrected chi connectivity index (χ0v) is 13.3. The molecule has 0 aromatic heterocycles. The SMILES string of the molecule is CC(=O)C=CCC(C)(O)C=CC(CCC(C)=O)C(C)C. The maximum absolute atomic E-state index is 11.1. The molecule has 2 atom stereocenters. The smallest absolute Gasteiger partial charge is 0.152 e. The molecule has 0 aromatic carbocycles. The number of ketones is 2. The lowest BCUT2D eigenvalue weighted by Crippen LogP contribution is -2.20. The second kappa shape index (κ2) is 8.85. The molecule has 0 rings (SSSR count). The number of carbonyl (C=O) groups is 2. The Morgan fingerprint density at radius 2 is 1.85 bits per heavy atom. The van der Waals surface area contributed by atoms with Crippen molar-refractivity contribution in [3.63, 3.8) is 0 Å². The minimum atomic E-state index is -0.963. The number of rotatable bonds is 9. The molecule has 0 bridgehead atoms. The Labute approximate surface area is 122 Å². The van der Waals surface area contributed by atoms with Crippen molar-refractivity contribution >= 4 is 11.6 Å². The molecule has 1 N–H and O–H groups in total. The highest BCUT2D eigenvalue weighted by molar-refractivity contribution is 5.87. The van der Waals surface area contributed by atoms with E-state index in [0.29, 0.717) is 18.8 Å². The van der Waals surface area contributed by atoms with Crippen LogP contribution in [0, 0.1) is 11.8 Å². The van der Waals surface area contributed by atoms with Gasteiger partial charge in [0.15, 0.2) is 5.78 Å². The molecule has 0 aromatic rings. The van der Waals surface area contributed by atoms with Crippen molar-refractivity contribution in [3.8, 4) is 0 Å². The second-order valence-corrected chi connectivity index (χ2v) is 6.08. The monoisotopic (exact) mass is 280 g/mol. The maximum Gasteiger partial charge on any atom is 0.152 e. The molecule has 20 heavy (non-hydrogen) atoms. The van der Waals surface area contributed by atoms with Crippen LogP contribution in [0.3, 0.4) is 0 Å². The molecule has 0 saturated heterocycles. The van der Waals surface area contributed by atoms with Crippen molar-refractivity contribution in [3.05, 3.63) is 24.3 Å². The van der Waals surface area contributed by atoms with E-state index in [1.54, 1.807) is 26.0 Å². The third-order valence-electron chi connectivity index (χ3n) is 3.27. The molecular weight excluding hydrogens is 252 g/mol. The van der Waals surface area contributed by atoms with Crippen LogP contribution in [0.5, 0.6) is 0 Å². The molecule has 2 unspecified atom stereocenters. The topological polar surface area (TPSA) is 54.4 Å². The van der Waals surface area contributed by atoms with Crippen LogP contribution in [0.4, 0.5) is 0 Å². The number of hydrogen-bond acceptors (Lipinski definition) is 3. The van der Waals surface area contributed by atoms with Crippen molar-refractivity contribution in [2.75, 3.05) is 0 Å². The Balaban J connectivity index is 4.58. The first-order chi connectivity index (χ1) is 9.14. The van der Waals surface area contributed by atoms with Crippen LogP contribution >= 0.6 is 0 Å². The summed E-state index contributed by atoms with van der Waals surface area (Å²) in [6.45, 7) is 9.02. The van der Waals surface area contributed by atoms with Crippen molar-refractivity contribution < 1.29 is 14.7 Å². The van der Waals surface area contributed by atoms with Gasteiger partial charge in [-0.3, -0.25) is 4.79 Å². The van der Waals surface area contributed by atoms with Gasteiger partial charge in [-0.25, -0.2) is 0 Å². The fourth-order valence-corrected chi connectivity index (χ4v) is 1.88. The van der Waals surface area contributed by atoms with Gasteiger partial charge in [0.2, 0.25) is 0 Å². The molecule has 3 heteroatoms. The summed E-state index contributed by atoms with van der Waals surface area (Å²) in [5.41, 5.74) is -0.963. The van der Waals surface area contributed by atoms with Crippen LogP contribution in [0.2, 0.25) is 0 Å². The lowest BCUT2D eigenvalue weighted by molar-refractivity contribution is -0.117. The van der Waals surface area contributed by atoms with Crippen LogP contribution in [0.25, 0.3) is 0 Å². The number of Topliss-reactive ketones (excluding diaryl/α,β-unsaturated/α-hetero) is 1. The first-order valence-corrected chi connectivity index (χ1v) is 7.22. The largest absolute Gasteiger partial charge is 0.386 e. The summed E-state index contributed by atoms with van der Waals surface area (Å²) < 4.78 is 0. The molecule has 0 aliphatic rings. The number of allylic oxidation sites excluding steroid dienone is 2. The van der Waals surface area contributed by atoms with E-state index in [9.17, 15) is 14.7 Å². The summed E-state index contributed by atoms with van der Waals surface area (Å²) in [5.74, 6) is 0.878. The van der Waals surface area contributed by atoms with Crippen molar-refractivity contribution in [1.29, 1.82) is 0 Å². The maximum atomic E-state index is 11.1. The molecule has 114 valence electrons. The quantitative estimate of drug-likeness (QED) is 0.520. The molecule has 0 fully saturated rings. The predicted molar refractivity (Wildman–Crippen MR) is 82.4 cm³/mol. The van der Waals surface area contributed by atoms with Gasteiger partial charge in [-0.2, -0.15) is 0 Å². The average molecular weight is 280 g/mol. The van der Waals surface area contributed by atoms with Gasteiger partial charge in [0, 0.05) is 6.42 Å². The van der Waals surface area contributed by atoms with E-state index in [1.165, 1.54) is 13.0 Å². The number of aliphatic hydroxyl groups is 1. The fourth-order valence-electron chi connectivity index (χ4n) is 1.88. The third-order valence-corrected chi connectivity index (χ3v) is 3.27. The molecule has 0 radical (unpaired) electrons.